The number of benzene rings is 1. The minimum Gasteiger partial charge on any atom is -0.312 e. The molecule has 2 aliphatic rings. The number of hydrogen-bond donors (Lipinski definition) is 1. The van der Waals surface area contributed by atoms with Crippen molar-refractivity contribution in [3.63, 3.8) is 0 Å². The average Bonchev–Trinajstić information content (AvgIpc) is 2.79. The van der Waals surface area contributed by atoms with Crippen molar-refractivity contribution in [2.45, 2.75) is 51.5 Å². The lowest BCUT2D eigenvalue weighted by atomic mass is 9.82. The summed E-state index contributed by atoms with van der Waals surface area (Å²) in [6, 6.07) is 9.00. The zero-order valence-corrected chi connectivity index (χ0v) is 11.3. The Labute approximate surface area is 111 Å². The molecule has 1 nitrogen and oxygen atoms in total. The molecule has 0 radical (unpaired) electrons. The molecule has 0 saturated heterocycles. The summed E-state index contributed by atoms with van der Waals surface area (Å²) in [7, 11) is 0. The minimum absolute atomic E-state index is 0.867. The molecule has 0 amide bonds. The average molecular weight is 243 g/mol. The summed E-state index contributed by atoms with van der Waals surface area (Å²) < 4.78 is 0. The Bertz CT molecular complexity index is 377. The van der Waals surface area contributed by atoms with Crippen molar-refractivity contribution in [3.05, 3.63) is 35.4 Å². The highest BCUT2D eigenvalue weighted by Crippen LogP contribution is 2.32. The van der Waals surface area contributed by atoms with Crippen molar-refractivity contribution in [1.29, 1.82) is 0 Å². The maximum absolute atomic E-state index is 3.67. The van der Waals surface area contributed by atoms with E-state index >= 15 is 0 Å². The van der Waals surface area contributed by atoms with Gasteiger partial charge >= 0.3 is 0 Å². The second-order valence-electron chi connectivity index (χ2n) is 6.12. The molecule has 1 atom stereocenters. The predicted molar refractivity (Wildman–Crippen MR) is 76.5 cm³/mol. The van der Waals surface area contributed by atoms with E-state index in [1.807, 2.05) is 0 Å². The second kappa shape index (κ2) is 5.88. The summed E-state index contributed by atoms with van der Waals surface area (Å²) in [5.74, 6) is 1.83. The molecule has 1 heteroatoms. The van der Waals surface area contributed by atoms with Gasteiger partial charge in [0.1, 0.15) is 0 Å². The van der Waals surface area contributed by atoms with Gasteiger partial charge in [0.15, 0.2) is 0 Å². The number of nitrogens with one attached hydrogen (secondary N) is 1. The van der Waals surface area contributed by atoms with Gasteiger partial charge in [0.05, 0.1) is 0 Å². The summed E-state index contributed by atoms with van der Waals surface area (Å²) >= 11 is 0. The summed E-state index contributed by atoms with van der Waals surface area (Å²) in [6.07, 6.45) is 10.1. The first-order valence-electron chi connectivity index (χ1n) is 7.71. The highest BCUT2D eigenvalue weighted by molar-refractivity contribution is 5.28. The Morgan fingerprint density at radius 3 is 2.33 bits per heavy atom. The third-order valence-electron chi connectivity index (χ3n) is 4.89. The van der Waals surface area contributed by atoms with Gasteiger partial charge in [-0.2, -0.15) is 0 Å². The van der Waals surface area contributed by atoms with Crippen LogP contribution in [0.4, 0.5) is 0 Å². The van der Waals surface area contributed by atoms with Crippen LogP contribution < -0.4 is 5.32 Å². The van der Waals surface area contributed by atoms with Crippen LogP contribution in [0.3, 0.4) is 0 Å². The Balaban J connectivity index is 1.73. The lowest BCUT2D eigenvalue weighted by molar-refractivity contribution is 0.290. The van der Waals surface area contributed by atoms with Crippen LogP contribution in [0.1, 0.15) is 49.7 Å². The van der Waals surface area contributed by atoms with E-state index in [-0.39, 0.29) is 0 Å². The van der Waals surface area contributed by atoms with E-state index in [9.17, 15) is 0 Å². The van der Waals surface area contributed by atoms with E-state index in [0.717, 1.165) is 18.4 Å². The molecule has 0 aromatic heterocycles. The monoisotopic (exact) mass is 243 g/mol. The van der Waals surface area contributed by atoms with Crippen LogP contribution in [0, 0.1) is 11.8 Å². The molecule has 1 heterocycles. The SMILES string of the molecule is c1ccc2c(c1)CNCC(C1CCCCCC1)C2. The van der Waals surface area contributed by atoms with E-state index in [1.165, 1.54) is 57.1 Å². The van der Waals surface area contributed by atoms with Crippen molar-refractivity contribution in [1.82, 2.24) is 5.32 Å². The second-order valence-corrected chi connectivity index (χ2v) is 6.12. The molecule has 3 rings (SSSR count). The van der Waals surface area contributed by atoms with Crippen LogP contribution in [0.5, 0.6) is 0 Å². The zero-order chi connectivity index (χ0) is 12.2. The van der Waals surface area contributed by atoms with Crippen molar-refractivity contribution in [2.75, 3.05) is 6.54 Å². The highest BCUT2D eigenvalue weighted by atomic mass is 14.9. The van der Waals surface area contributed by atoms with Crippen molar-refractivity contribution >= 4 is 0 Å². The molecule has 1 aromatic rings. The smallest absolute Gasteiger partial charge is 0.0208 e. The van der Waals surface area contributed by atoms with Gasteiger partial charge in [-0.3, -0.25) is 0 Å². The molecule has 18 heavy (non-hydrogen) atoms. The Kier molecular flexibility index (Phi) is 3.99. The van der Waals surface area contributed by atoms with E-state index in [1.54, 1.807) is 5.56 Å². The van der Waals surface area contributed by atoms with E-state index in [0.29, 0.717) is 0 Å². The molecule has 0 spiro atoms. The van der Waals surface area contributed by atoms with Gasteiger partial charge in [0.2, 0.25) is 0 Å². The summed E-state index contributed by atoms with van der Waals surface area (Å²) in [4.78, 5) is 0. The molecule has 1 N–H and O–H groups in total. The molecule has 1 saturated carbocycles. The van der Waals surface area contributed by atoms with Gasteiger partial charge in [-0.15, -0.1) is 0 Å². The zero-order valence-electron chi connectivity index (χ0n) is 11.3. The fourth-order valence-corrected chi connectivity index (χ4v) is 3.79. The summed E-state index contributed by atoms with van der Waals surface area (Å²) in [6.45, 7) is 2.29. The lowest BCUT2D eigenvalue weighted by Crippen LogP contribution is -2.27. The number of fused-ring (bicyclic) bond motifs is 1. The van der Waals surface area contributed by atoms with Crippen LogP contribution in [0.2, 0.25) is 0 Å². The molecule has 98 valence electrons. The van der Waals surface area contributed by atoms with Crippen LogP contribution in [0.15, 0.2) is 24.3 Å². The van der Waals surface area contributed by atoms with Crippen molar-refractivity contribution in [3.8, 4) is 0 Å². The normalized spacial score (nSPS) is 26.1. The first-order valence-corrected chi connectivity index (χ1v) is 7.71. The van der Waals surface area contributed by atoms with Crippen LogP contribution in [-0.4, -0.2) is 6.54 Å². The third-order valence-corrected chi connectivity index (χ3v) is 4.89. The van der Waals surface area contributed by atoms with Crippen molar-refractivity contribution in [2.24, 2.45) is 11.8 Å². The number of hydrogen-bond acceptors (Lipinski definition) is 1. The minimum atomic E-state index is 0.867. The molecule has 1 unspecified atom stereocenters. The Morgan fingerprint density at radius 2 is 1.56 bits per heavy atom. The first kappa shape index (κ1) is 12.2. The summed E-state index contributed by atoms with van der Waals surface area (Å²) in [5, 5.41) is 3.67. The predicted octanol–water partition coefficient (Wildman–Crippen LogP) is 3.92. The Morgan fingerprint density at radius 1 is 0.833 bits per heavy atom. The van der Waals surface area contributed by atoms with Crippen LogP contribution in [0.25, 0.3) is 0 Å². The largest absolute Gasteiger partial charge is 0.312 e. The van der Waals surface area contributed by atoms with Gasteiger partial charge < -0.3 is 5.32 Å². The number of rotatable bonds is 1. The molecule has 1 aromatic carbocycles. The first-order chi connectivity index (χ1) is 8.93. The van der Waals surface area contributed by atoms with Crippen LogP contribution in [-0.2, 0) is 13.0 Å². The van der Waals surface area contributed by atoms with E-state index in [4.69, 9.17) is 0 Å². The fraction of sp³-hybridized carbons (Fsp3) is 0.647. The quantitative estimate of drug-likeness (QED) is 0.737. The van der Waals surface area contributed by atoms with E-state index < -0.39 is 0 Å². The standard InChI is InChI=1S/C17H25N/c1-2-4-8-14(7-3-1)17-11-15-9-5-6-10-16(15)12-18-13-17/h5-6,9-10,14,17-18H,1-4,7-8,11-13H2. The summed E-state index contributed by atoms with van der Waals surface area (Å²) in [5.41, 5.74) is 3.12. The molecule has 0 bridgehead atoms. The Hall–Kier alpha value is -0.820. The van der Waals surface area contributed by atoms with E-state index in [2.05, 4.69) is 29.6 Å². The van der Waals surface area contributed by atoms with Crippen molar-refractivity contribution < 1.29 is 0 Å². The van der Waals surface area contributed by atoms with Gasteiger partial charge in [-0.1, -0.05) is 62.8 Å². The van der Waals surface area contributed by atoms with Gasteiger partial charge in [-0.05, 0) is 35.9 Å². The molecule has 1 aliphatic heterocycles. The molecular formula is C17H25N. The molecule has 1 fully saturated rings. The highest BCUT2D eigenvalue weighted by Gasteiger charge is 2.25. The maximum Gasteiger partial charge on any atom is 0.0208 e. The van der Waals surface area contributed by atoms with Crippen LogP contribution >= 0.6 is 0 Å². The van der Waals surface area contributed by atoms with Gasteiger partial charge in [0, 0.05) is 6.54 Å². The van der Waals surface area contributed by atoms with Gasteiger partial charge in [0.25, 0.3) is 0 Å². The maximum atomic E-state index is 3.67. The topological polar surface area (TPSA) is 12.0 Å². The lowest BCUT2D eigenvalue weighted by Gasteiger charge is -2.25. The fourth-order valence-electron chi connectivity index (χ4n) is 3.79. The third kappa shape index (κ3) is 2.77. The molecular weight excluding hydrogens is 218 g/mol. The molecule has 1 aliphatic carbocycles. The van der Waals surface area contributed by atoms with Gasteiger partial charge in [-0.25, -0.2) is 0 Å².